The number of carbonyl (C=O) groups excluding carboxylic acids is 2. The van der Waals surface area contributed by atoms with Crippen molar-refractivity contribution in [2.24, 2.45) is 0 Å². The highest BCUT2D eigenvalue weighted by Crippen LogP contribution is 2.44. The summed E-state index contributed by atoms with van der Waals surface area (Å²) < 4.78 is 5.32. The monoisotopic (exact) mass is 398 g/mol. The molecule has 152 valence electrons. The van der Waals surface area contributed by atoms with Gasteiger partial charge in [0, 0.05) is 12.5 Å². The minimum Gasteiger partial charge on any atom is -0.480 e. The Bertz CT molecular complexity index is 868. The Balaban J connectivity index is 1.57. The molecule has 8 heteroatoms. The Hall–Kier alpha value is -3.39. The number of hydrogen-bond acceptors (Lipinski definition) is 5. The van der Waals surface area contributed by atoms with Crippen LogP contribution in [0.1, 0.15) is 17.0 Å². The third-order valence-electron chi connectivity index (χ3n) is 4.78. The van der Waals surface area contributed by atoms with Gasteiger partial charge in [-0.1, -0.05) is 48.5 Å². The SMILES string of the molecule is O=C(O)CN(CCO)C(=O)CNC(=O)OCC1c2ccccc2-c2ccccc21. The molecule has 0 heterocycles. The first-order valence-electron chi connectivity index (χ1n) is 9.20. The van der Waals surface area contributed by atoms with E-state index in [1.165, 1.54) is 0 Å². The van der Waals surface area contributed by atoms with Crippen LogP contribution in [0.5, 0.6) is 0 Å². The van der Waals surface area contributed by atoms with Gasteiger partial charge in [-0.15, -0.1) is 0 Å². The highest BCUT2D eigenvalue weighted by Gasteiger charge is 2.29. The van der Waals surface area contributed by atoms with E-state index in [-0.39, 0.29) is 25.7 Å². The molecule has 3 rings (SSSR count). The third-order valence-corrected chi connectivity index (χ3v) is 4.78. The lowest BCUT2D eigenvalue weighted by molar-refractivity contribution is -0.144. The standard InChI is InChI=1S/C21H22N2O6/c24-10-9-23(12-20(26)27)19(25)11-22-21(28)29-13-18-16-7-3-1-5-14(16)15-6-2-4-8-17(15)18/h1-8,18,24H,9-13H2,(H,22,28)(H,26,27). The molecule has 0 aliphatic heterocycles. The molecule has 29 heavy (non-hydrogen) atoms. The summed E-state index contributed by atoms with van der Waals surface area (Å²) >= 11 is 0. The topological polar surface area (TPSA) is 116 Å². The van der Waals surface area contributed by atoms with Crippen LogP contribution in [-0.2, 0) is 14.3 Å². The molecule has 0 spiro atoms. The van der Waals surface area contributed by atoms with Gasteiger partial charge in [0.2, 0.25) is 5.91 Å². The van der Waals surface area contributed by atoms with Gasteiger partial charge in [0.15, 0.2) is 0 Å². The van der Waals surface area contributed by atoms with E-state index in [1.807, 2.05) is 48.5 Å². The van der Waals surface area contributed by atoms with Gasteiger partial charge < -0.3 is 25.2 Å². The summed E-state index contributed by atoms with van der Waals surface area (Å²) in [5, 5.41) is 20.1. The fourth-order valence-electron chi connectivity index (χ4n) is 3.48. The lowest BCUT2D eigenvalue weighted by atomic mass is 9.98. The average molecular weight is 398 g/mol. The number of rotatable bonds is 8. The third kappa shape index (κ3) is 4.72. The Morgan fingerprint density at radius 1 is 1.00 bits per heavy atom. The van der Waals surface area contributed by atoms with E-state index < -0.39 is 31.1 Å². The van der Waals surface area contributed by atoms with Crippen LogP contribution in [0.25, 0.3) is 11.1 Å². The second kappa shape index (κ2) is 9.20. The van der Waals surface area contributed by atoms with Gasteiger partial charge in [-0.2, -0.15) is 0 Å². The predicted molar refractivity (Wildman–Crippen MR) is 104 cm³/mol. The molecule has 0 aromatic heterocycles. The van der Waals surface area contributed by atoms with E-state index in [2.05, 4.69) is 5.32 Å². The molecule has 0 atom stereocenters. The normalized spacial score (nSPS) is 12.0. The fraction of sp³-hybridized carbons (Fsp3) is 0.286. The Kier molecular flexibility index (Phi) is 6.46. The zero-order valence-electron chi connectivity index (χ0n) is 15.7. The van der Waals surface area contributed by atoms with E-state index in [4.69, 9.17) is 14.9 Å². The molecule has 1 aliphatic rings. The number of ether oxygens (including phenoxy) is 1. The number of carbonyl (C=O) groups is 3. The van der Waals surface area contributed by atoms with Gasteiger partial charge in [0.25, 0.3) is 0 Å². The fourth-order valence-corrected chi connectivity index (χ4v) is 3.48. The Morgan fingerprint density at radius 2 is 1.59 bits per heavy atom. The number of hydrogen-bond donors (Lipinski definition) is 3. The summed E-state index contributed by atoms with van der Waals surface area (Å²) in [5.74, 6) is -1.91. The lowest BCUT2D eigenvalue weighted by Crippen LogP contribution is -2.44. The summed E-state index contributed by atoms with van der Waals surface area (Å²) in [5.41, 5.74) is 4.38. The molecule has 0 saturated heterocycles. The molecule has 0 unspecified atom stereocenters. The number of alkyl carbamates (subject to hydrolysis) is 1. The van der Waals surface area contributed by atoms with Crippen molar-refractivity contribution in [3.8, 4) is 11.1 Å². The number of nitrogens with one attached hydrogen (secondary N) is 1. The molecule has 2 aromatic carbocycles. The zero-order chi connectivity index (χ0) is 20.8. The first-order valence-corrected chi connectivity index (χ1v) is 9.20. The lowest BCUT2D eigenvalue weighted by Gasteiger charge is -2.20. The van der Waals surface area contributed by atoms with Gasteiger partial charge >= 0.3 is 12.1 Å². The van der Waals surface area contributed by atoms with E-state index in [0.717, 1.165) is 27.2 Å². The van der Waals surface area contributed by atoms with E-state index in [1.54, 1.807) is 0 Å². The van der Waals surface area contributed by atoms with Crippen molar-refractivity contribution >= 4 is 18.0 Å². The number of aliphatic hydroxyl groups excluding tert-OH is 1. The van der Waals surface area contributed by atoms with Gasteiger partial charge in [0.05, 0.1) is 6.61 Å². The van der Waals surface area contributed by atoms with Crippen molar-refractivity contribution in [3.05, 3.63) is 59.7 Å². The van der Waals surface area contributed by atoms with Crippen LogP contribution in [0, 0.1) is 0 Å². The van der Waals surface area contributed by atoms with Crippen molar-refractivity contribution in [1.82, 2.24) is 10.2 Å². The highest BCUT2D eigenvalue weighted by atomic mass is 16.5. The number of aliphatic carboxylic acids is 1. The summed E-state index contributed by atoms with van der Waals surface area (Å²) in [6.07, 6.45) is -0.764. The van der Waals surface area contributed by atoms with E-state index in [0.29, 0.717) is 0 Å². The smallest absolute Gasteiger partial charge is 0.407 e. The molecule has 8 nitrogen and oxygen atoms in total. The summed E-state index contributed by atoms with van der Waals surface area (Å²) in [6, 6.07) is 15.9. The van der Waals surface area contributed by atoms with Crippen molar-refractivity contribution in [3.63, 3.8) is 0 Å². The first kappa shape index (κ1) is 20.3. The largest absolute Gasteiger partial charge is 0.480 e. The van der Waals surface area contributed by atoms with Gasteiger partial charge in [-0.05, 0) is 22.3 Å². The molecule has 2 amide bonds. The number of carboxylic acids is 1. The van der Waals surface area contributed by atoms with Crippen LogP contribution >= 0.6 is 0 Å². The van der Waals surface area contributed by atoms with Crippen molar-refractivity contribution in [1.29, 1.82) is 0 Å². The first-order chi connectivity index (χ1) is 14.0. The van der Waals surface area contributed by atoms with Crippen molar-refractivity contribution in [2.75, 3.05) is 32.8 Å². The summed E-state index contributed by atoms with van der Waals surface area (Å²) in [7, 11) is 0. The van der Waals surface area contributed by atoms with Crippen molar-refractivity contribution in [2.45, 2.75) is 5.92 Å². The zero-order valence-corrected chi connectivity index (χ0v) is 15.7. The van der Waals surface area contributed by atoms with E-state index >= 15 is 0 Å². The molecule has 3 N–H and O–H groups in total. The van der Waals surface area contributed by atoms with Crippen LogP contribution in [0.2, 0.25) is 0 Å². The minimum absolute atomic E-state index is 0.0956. The van der Waals surface area contributed by atoms with Crippen molar-refractivity contribution < 1.29 is 29.3 Å². The predicted octanol–water partition coefficient (Wildman–Crippen LogP) is 1.43. The van der Waals surface area contributed by atoms with Crippen LogP contribution in [0.4, 0.5) is 4.79 Å². The number of aliphatic hydroxyl groups is 1. The van der Waals surface area contributed by atoms with Gasteiger partial charge in [0.1, 0.15) is 19.7 Å². The van der Waals surface area contributed by atoms with Crippen LogP contribution in [0.15, 0.2) is 48.5 Å². The molecule has 1 aliphatic carbocycles. The molecule has 0 fully saturated rings. The molecule has 0 radical (unpaired) electrons. The van der Waals surface area contributed by atoms with Crippen LogP contribution in [0.3, 0.4) is 0 Å². The Morgan fingerprint density at radius 3 is 2.14 bits per heavy atom. The molecule has 0 bridgehead atoms. The number of benzene rings is 2. The average Bonchev–Trinajstić information content (AvgIpc) is 3.04. The van der Waals surface area contributed by atoms with Crippen LogP contribution < -0.4 is 5.32 Å². The minimum atomic E-state index is -1.20. The quantitative estimate of drug-likeness (QED) is 0.620. The van der Waals surface area contributed by atoms with Gasteiger partial charge in [-0.3, -0.25) is 9.59 Å². The number of nitrogens with zero attached hydrogens (tertiary/aromatic N) is 1. The molecule has 0 saturated carbocycles. The van der Waals surface area contributed by atoms with Gasteiger partial charge in [-0.25, -0.2) is 4.79 Å². The van der Waals surface area contributed by atoms with E-state index in [9.17, 15) is 14.4 Å². The molecule has 2 aromatic rings. The highest BCUT2D eigenvalue weighted by molar-refractivity contribution is 5.85. The molecular formula is C21H22N2O6. The number of carboxylic acid groups (broad SMARTS) is 1. The Labute approximate surface area is 167 Å². The second-order valence-corrected chi connectivity index (χ2v) is 6.61. The maximum Gasteiger partial charge on any atom is 0.407 e. The maximum absolute atomic E-state index is 12.1. The molecular weight excluding hydrogens is 376 g/mol. The maximum atomic E-state index is 12.1. The summed E-state index contributed by atoms with van der Waals surface area (Å²) in [4.78, 5) is 35.8. The summed E-state index contributed by atoms with van der Waals surface area (Å²) in [6.45, 7) is -1.35. The van der Waals surface area contributed by atoms with Crippen LogP contribution in [-0.4, -0.2) is 65.9 Å². The second-order valence-electron chi connectivity index (χ2n) is 6.61. The number of amides is 2. The number of fused-ring (bicyclic) bond motifs is 3.